The first-order valence-electron chi connectivity index (χ1n) is 3.95. The molecule has 4 N–H and O–H groups in total. The van der Waals surface area contributed by atoms with Gasteiger partial charge in [0.25, 0.3) is 0 Å². The zero-order valence-electron chi connectivity index (χ0n) is 6.70. The summed E-state index contributed by atoms with van der Waals surface area (Å²) >= 11 is 0. The number of rotatable bonds is 1. The number of primary amides is 1. The van der Waals surface area contributed by atoms with Crippen LogP contribution in [0.2, 0.25) is 0 Å². The van der Waals surface area contributed by atoms with Crippen molar-refractivity contribution < 1.29 is 13.9 Å². The Morgan fingerprint density at radius 3 is 2.67 bits per heavy atom. The number of ether oxygens (including phenoxy) is 1. The molecule has 0 bridgehead atoms. The van der Waals surface area contributed by atoms with Crippen molar-refractivity contribution in [3.8, 4) is 0 Å². The molecular weight excluding hydrogens is 163 g/mol. The minimum Gasteiger partial charge on any atom is -0.446 e. The van der Waals surface area contributed by atoms with Crippen LogP contribution in [0.15, 0.2) is 0 Å². The van der Waals surface area contributed by atoms with Gasteiger partial charge in [0.15, 0.2) is 0 Å². The van der Waals surface area contributed by atoms with Crippen molar-refractivity contribution in [1.82, 2.24) is 0 Å². The van der Waals surface area contributed by atoms with Gasteiger partial charge in [0.2, 0.25) is 0 Å². The Labute approximate surface area is 70.0 Å². The molecule has 0 heterocycles. The molecule has 70 valence electrons. The molecule has 12 heavy (non-hydrogen) atoms. The molecular formula is C7H13FN2O2. The Hall–Kier alpha value is -0.840. The zero-order valence-corrected chi connectivity index (χ0v) is 6.70. The van der Waals surface area contributed by atoms with Gasteiger partial charge in [-0.1, -0.05) is 0 Å². The molecule has 0 spiro atoms. The second-order valence-corrected chi connectivity index (χ2v) is 3.05. The second-order valence-electron chi connectivity index (χ2n) is 3.05. The monoisotopic (exact) mass is 176 g/mol. The molecule has 1 amide bonds. The lowest BCUT2D eigenvalue weighted by Crippen LogP contribution is -2.41. The number of halogens is 1. The summed E-state index contributed by atoms with van der Waals surface area (Å²) in [4.78, 5) is 10.3. The summed E-state index contributed by atoms with van der Waals surface area (Å²) in [6.45, 7) is 0. The molecule has 1 rings (SSSR count). The van der Waals surface area contributed by atoms with Crippen LogP contribution in [0.5, 0.6) is 0 Å². The van der Waals surface area contributed by atoms with E-state index in [1.54, 1.807) is 0 Å². The third-order valence-corrected chi connectivity index (χ3v) is 2.06. The van der Waals surface area contributed by atoms with Gasteiger partial charge in [-0.3, -0.25) is 0 Å². The summed E-state index contributed by atoms with van der Waals surface area (Å²) in [7, 11) is 0. The minimum atomic E-state index is -1.08. The predicted molar refractivity (Wildman–Crippen MR) is 41.2 cm³/mol. The van der Waals surface area contributed by atoms with Crippen LogP contribution in [0, 0.1) is 0 Å². The SMILES string of the molecule is NC(=O)O[C@@H]1CC[C@@H](N)[C@@H](F)C1. The summed E-state index contributed by atoms with van der Waals surface area (Å²) in [5.41, 5.74) is 10.2. The van der Waals surface area contributed by atoms with Gasteiger partial charge in [-0.2, -0.15) is 0 Å². The number of carbonyl (C=O) groups is 1. The fourth-order valence-corrected chi connectivity index (χ4v) is 1.37. The quantitative estimate of drug-likeness (QED) is 0.603. The van der Waals surface area contributed by atoms with Crippen molar-refractivity contribution >= 4 is 6.09 Å². The fourth-order valence-electron chi connectivity index (χ4n) is 1.37. The maximum absolute atomic E-state index is 12.9. The van der Waals surface area contributed by atoms with E-state index in [1.807, 2.05) is 0 Å². The van der Waals surface area contributed by atoms with Crippen molar-refractivity contribution in [2.45, 2.75) is 37.6 Å². The van der Waals surface area contributed by atoms with E-state index in [0.717, 1.165) is 0 Å². The van der Waals surface area contributed by atoms with Gasteiger partial charge in [-0.25, -0.2) is 9.18 Å². The molecule has 1 fully saturated rings. The first-order valence-corrected chi connectivity index (χ1v) is 3.95. The van der Waals surface area contributed by atoms with Crippen molar-refractivity contribution in [3.63, 3.8) is 0 Å². The van der Waals surface area contributed by atoms with Crippen molar-refractivity contribution in [1.29, 1.82) is 0 Å². The van der Waals surface area contributed by atoms with Gasteiger partial charge >= 0.3 is 6.09 Å². The summed E-state index contributed by atoms with van der Waals surface area (Å²) in [6.07, 6.45) is -1.00. The topological polar surface area (TPSA) is 78.3 Å². The first kappa shape index (κ1) is 9.25. The van der Waals surface area contributed by atoms with Gasteiger partial charge in [-0.15, -0.1) is 0 Å². The largest absolute Gasteiger partial charge is 0.446 e. The normalized spacial score (nSPS) is 36.0. The fraction of sp³-hybridized carbons (Fsp3) is 0.857. The Morgan fingerprint density at radius 1 is 1.50 bits per heavy atom. The van der Waals surface area contributed by atoms with Gasteiger partial charge in [0, 0.05) is 12.5 Å². The van der Waals surface area contributed by atoms with E-state index in [2.05, 4.69) is 4.74 Å². The Kier molecular flexibility index (Phi) is 2.86. The molecule has 1 aliphatic carbocycles. The van der Waals surface area contributed by atoms with Gasteiger partial charge < -0.3 is 16.2 Å². The minimum absolute atomic E-state index is 0.171. The van der Waals surface area contributed by atoms with Crippen LogP contribution in [-0.2, 0) is 4.74 Å². The van der Waals surface area contributed by atoms with E-state index >= 15 is 0 Å². The van der Waals surface area contributed by atoms with Gasteiger partial charge in [0.05, 0.1) is 0 Å². The van der Waals surface area contributed by atoms with Crippen molar-refractivity contribution in [3.05, 3.63) is 0 Å². The Bertz CT molecular complexity index is 177. The lowest BCUT2D eigenvalue weighted by Gasteiger charge is -2.28. The third-order valence-electron chi connectivity index (χ3n) is 2.06. The van der Waals surface area contributed by atoms with Crippen LogP contribution in [0.4, 0.5) is 9.18 Å². The molecule has 0 aliphatic heterocycles. The highest BCUT2D eigenvalue weighted by atomic mass is 19.1. The molecule has 0 saturated heterocycles. The number of nitrogens with two attached hydrogens (primary N) is 2. The van der Waals surface area contributed by atoms with Crippen LogP contribution < -0.4 is 11.5 Å². The summed E-state index contributed by atoms with van der Waals surface area (Å²) in [5.74, 6) is 0. The molecule has 0 unspecified atom stereocenters. The average molecular weight is 176 g/mol. The first-order chi connectivity index (χ1) is 5.59. The van der Waals surface area contributed by atoms with Crippen LogP contribution in [0.25, 0.3) is 0 Å². The van der Waals surface area contributed by atoms with E-state index < -0.39 is 24.4 Å². The Morgan fingerprint density at radius 2 is 2.17 bits per heavy atom. The van der Waals surface area contributed by atoms with Crippen LogP contribution in [-0.4, -0.2) is 24.4 Å². The van der Waals surface area contributed by atoms with E-state index in [4.69, 9.17) is 11.5 Å². The molecule has 0 aromatic heterocycles. The zero-order chi connectivity index (χ0) is 9.14. The number of carbonyl (C=O) groups excluding carboxylic acids is 1. The highest BCUT2D eigenvalue weighted by molar-refractivity contribution is 5.64. The summed E-state index contributed by atoms with van der Waals surface area (Å²) < 4.78 is 17.6. The number of hydrogen-bond donors (Lipinski definition) is 2. The molecule has 0 aromatic carbocycles. The van der Waals surface area contributed by atoms with Crippen molar-refractivity contribution in [2.24, 2.45) is 11.5 Å². The van der Waals surface area contributed by atoms with Crippen LogP contribution in [0.3, 0.4) is 0 Å². The van der Waals surface area contributed by atoms with E-state index in [-0.39, 0.29) is 6.42 Å². The van der Waals surface area contributed by atoms with E-state index in [1.165, 1.54) is 0 Å². The summed E-state index contributed by atoms with van der Waals surface area (Å²) in [5, 5.41) is 0. The number of amides is 1. The second kappa shape index (κ2) is 3.71. The standard InChI is InChI=1S/C7H13FN2O2/c8-5-3-4(12-7(10)11)1-2-6(5)9/h4-6H,1-3,9H2,(H2,10,11)/t4-,5+,6-/m1/s1. The van der Waals surface area contributed by atoms with E-state index in [0.29, 0.717) is 12.8 Å². The van der Waals surface area contributed by atoms with Crippen molar-refractivity contribution in [2.75, 3.05) is 0 Å². The number of alkyl halides is 1. The predicted octanol–water partition coefficient (Wildman–Crippen LogP) is 0.300. The molecule has 0 aromatic rings. The lowest BCUT2D eigenvalue weighted by molar-refractivity contribution is 0.0486. The summed E-state index contributed by atoms with van der Waals surface area (Å²) in [6, 6.07) is -0.419. The maximum Gasteiger partial charge on any atom is 0.404 e. The maximum atomic E-state index is 12.9. The lowest BCUT2D eigenvalue weighted by atomic mass is 9.92. The van der Waals surface area contributed by atoms with Crippen LogP contribution in [0.1, 0.15) is 19.3 Å². The highest BCUT2D eigenvalue weighted by Crippen LogP contribution is 2.22. The van der Waals surface area contributed by atoms with E-state index in [9.17, 15) is 9.18 Å². The smallest absolute Gasteiger partial charge is 0.404 e. The third kappa shape index (κ3) is 2.34. The molecule has 5 heteroatoms. The number of hydrogen-bond acceptors (Lipinski definition) is 3. The molecule has 4 nitrogen and oxygen atoms in total. The van der Waals surface area contributed by atoms with Gasteiger partial charge in [-0.05, 0) is 12.8 Å². The van der Waals surface area contributed by atoms with Gasteiger partial charge in [0.1, 0.15) is 12.3 Å². The Balaban J connectivity index is 2.35. The highest BCUT2D eigenvalue weighted by Gasteiger charge is 2.29. The molecule has 3 atom stereocenters. The molecule has 1 saturated carbocycles. The molecule has 0 radical (unpaired) electrons. The average Bonchev–Trinajstić information content (AvgIpc) is 1.96. The molecule has 1 aliphatic rings. The van der Waals surface area contributed by atoms with Crippen LogP contribution >= 0.6 is 0 Å².